The molecule has 0 aromatic carbocycles. The molecule has 0 atom stereocenters. The fourth-order valence-corrected chi connectivity index (χ4v) is 2.20. The van der Waals surface area contributed by atoms with Crippen molar-refractivity contribution in [1.29, 1.82) is 0 Å². The van der Waals surface area contributed by atoms with Crippen LogP contribution in [0.15, 0.2) is 11.1 Å². The Kier molecular flexibility index (Phi) is 7.05. The van der Waals surface area contributed by atoms with Crippen LogP contribution in [0.4, 0.5) is 5.82 Å². The molecule has 4 nitrogen and oxygen atoms in total. The van der Waals surface area contributed by atoms with E-state index in [0.29, 0.717) is 12.5 Å². The van der Waals surface area contributed by atoms with Crippen LogP contribution in [0.5, 0.6) is 0 Å². The molecule has 0 amide bonds. The molecule has 1 heterocycles. The van der Waals surface area contributed by atoms with Gasteiger partial charge in [-0.25, -0.2) is 9.97 Å². The van der Waals surface area contributed by atoms with Crippen molar-refractivity contribution in [3.05, 3.63) is 11.9 Å². The van der Waals surface area contributed by atoms with Crippen LogP contribution in [0.2, 0.25) is 0 Å². The molecular weight excluding hydrogens is 246 g/mol. The molecule has 0 fully saturated rings. The number of nitrogens with zero attached hydrogens (tertiary/aromatic N) is 2. The van der Waals surface area contributed by atoms with Gasteiger partial charge in [0.1, 0.15) is 17.5 Å². The second-order valence-electron chi connectivity index (χ2n) is 4.57. The van der Waals surface area contributed by atoms with Gasteiger partial charge in [-0.15, -0.1) is 11.8 Å². The van der Waals surface area contributed by atoms with Gasteiger partial charge in [-0.3, -0.25) is 0 Å². The van der Waals surface area contributed by atoms with Gasteiger partial charge in [0, 0.05) is 25.5 Å². The zero-order chi connectivity index (χ0) is 13.4. The van der Waals surface area contributed by atoms with Gasteiger partial charge in [-0.1, -0.05) is 20.8 Å². The van der Waals surface area contributed by atoms with Gasteiger partial charge < -0.3 is 10.1 Å². The van der Waals surface area contributed by atoms with E-state index in [-0.39, 0.29) is 0 Å². The molecule has 0 saturated heterocycles. The Morgan fingerprint density at radius 3 is 2.78 bits per heavy atom. The molecule has 0 aliphatic rings. The molecule has 0 spiro atoms. The van der Waals surface area contributed by atoms with Gasteiger partial charge in [-0.05, 0) is 12.3 Å². The van der Waals surface area contributed by atoms with E-state index in [1.165, 1.54) is 0 Å². The van der Waals surface area contributed by atoms with E-state index in [2.05, 4.69) is 36.1 Å². The monoisotopic (exact) mass is 269 g/mol. The number of methoxy groups -OCH3 is 1. The van der Waals surface area contributed by atoms with Crippen LogP contribution in [0.3, 0.4) is 0 Å². The van der Waals surface area contributed by atoms with Gasteiger partial charge in [-0.2, -0.15) is 0 Å². The molecule has 1 aromatic heterocycles. The molecule has 5 heteroatoms. The smallest absolute Gasteiger partial charge is 0.157 e. The first kappa shape index (κ1) is 15.2. The lowest BCUT2D eigenvalue weighted by Crippen LogP contribution is -2.06. The summed E-state index contributed by atoms with van der Waals surface area (Å²) in [6, 6.07) is 2.02. The summed E-state index contributed by atoms with van der Waals surface area (Å²) >= 11 is 1.77. The molecule has 0 aliphatic heterocycles. The maximum atomic E-state index is 5.11. The first-order valence-electron chi connectivity index (χ1n) is 6.39. The lowest BCUT2D eigenvalue weighted by Gasteiger charge is -2.09. The lowest BCUT2D eigenvalue weighted by atomic mass is 10.3. The summed E-state index contributed by atoms with van der Waals surface area (Å²) in [4.78, 5) is 8.92. The number of hydrogen-bond acceptors (Lipinski definition) is 5. The topological polar surface area (TPSA) is 47.0 Å². The predicted octanol–water partition coefficient (Wildman–Crippen LogP) is 3.19. The molecule has 0 aliphatic carbocycles. The third-order valence-electron chi connectivity index (χ3n) is 2.14. The molecule has 0 radical (unpaired) electrons. The summed E-state index contributed by atoms with van der Waals surface area (Å²) in [5.41, 5.74) is 0. The summed E-state index contributed by atoms with van der Waals surface area (Å²) in [6.45, 7) is 7.94. The van der Waals surface area contributed by atoms with Crippen molar-refractivity contribution in [3.63, 3.8) is 0 Å². The quantitative estimate of drug-likeness (QED) is 0.580. The maximum Gasteiger partial charge on any atom is 0.157 e. The molecule has 0 saturated carbocycles. The molecule has 1 aromatic rings. The zero-order valence-electron chi connectivity index (χ0n) is 11.7. The van der Waals surface area contributed by atoms with Gasteiger partial charge in [0.05, 0.1) is 0 Å². The fraction of sp³-hybridized carbons (Fsp3) is 0.692. The van der Waals surface area contributed by atoms with Crippen molar-refractivity contribution in [2.75, 3.05) is 24.7 Å². The normalized spacial score (nSPS) is 10.9. The highest BCUT2D eigenvalue weighted by Crippen LogP contribution is 2.21. The largest absolute Gasteiger partial charge is 0.377 e. The second kappa shape index (κ2) is 8.32. The van der Waals surface area contributed by atoms with Crippen LogP contribution in [-0.2, 0) is 11.3 Å². The summed E-state index contributed by atoms with van der Waals surface area (Å²) in [5, 5.41) is 4.32. The van der Waals surface area contributed by atoms with Crippen molar-refractivity contribution in [3.8, 4) is 0 Å². The highest BCUT2D eigenvalue weighted by Gasteiger charge is 2.06. The standard InChI is InChI=1S/C13H23N3OS/c1-5-6-14-11-7-13(18-9-10(2)3)16-12(15-11)8-17-4/h7,10H,5-6,8-9H2,1-4H3,(H,14,15,16). The number of rotatable bonds is 8. The Morgan fingerprint density at radius 1 is 1.39 bits per heavy atom. The minimum absolute atomic E-state index is 0.455. The highest BCUT2D eigenvalue weighted by molar-refractivity contribution is 7.99. The van der Waals surface area contributed by atoms with Crippen molar-refractivity contribution < 1.29 is 4.74 Å². The molecule has 18 heavy (non-hydrogen) atoms. The minimum Gasteiger partial charge on any atom is -0.377 e. The summed E-state index contributed by atoms with van der Waals surface area (Å²) < 4.78 is 5.11. The number of hydrogen-bond donors (Lipinski definition) is 1. The number of aromatic nitrogens is 2. The molecule has 1 rings (SSSR count). The predicted molar refractivity (Wildman–Crippen MR) is 77.1 cm³/mol. The Bertz CT molecular complexity index is 358. The van der Waals surface area contributed by atoms with Crippen molar-refractivity contribution in [2.24, 2.45) is 5.92 Å². The molecule has 0 unspecified atom stereocenters. The van der Waals surface area contributed by atoms with E-state index in [1.807, 2.05) is 6.07 Å². The Hall–Kier alpha value is -0.810. The van der Waals surface area contributed by atoms with Crippen LogP contribution >= 0.6 is 11.8 Å². The van der Waals surface area contributed by atoms with Crippen molar-refractivity contribution in [2.45, 2.75) is 38.8 Å². The Balaban J connectivity index is 2.76. The van der Waals surface area contributed by atoms with Crippen LogP contribution in [-0.4, -0.2) is 29.4 Å². The van der Waals surface area contributed by atoms with Crippen molar-refractivity contribution in [1.82, 2.24) is 9.97 Å². The molecule has 102 valence electrons. The minimum atomic E-state index is 0.455. The van der Waals surface area contributed by atoms with E-state index >= 15 is 0 Å². The zero-order valence-corrected chi connectivity index (χ0v) is 12.5. The van der Waals surface area contributed by atoms with Crippen molar-refractivity contribution >= 4 is 17.6 Å². The fourth-order valence-electron chi connectivity index (χ4n) is 1.34. The van der Waals surface area contributed by atoms with Gasteiger partial charge >= 0.3 is 0 Å². The van der Waals surface area contributed by atoms with Crippen LogP contribution in [0, 0.1) is 5.92 Å². The van der Waals surface area contributed by atoms with Gasteiger partial charge in [0.2, 0.25) is 0 Å². The SMILES string of the molecule is CCCNc1cc(SCC(C)C)nc(COC)n1. The Labute approximate surface area is 114 Å². The highest BCUT2D eigenvalue weighted by atomic mass is 32.2. The summed E-state index contributed by atoms with van der Waals surface area (Å²) in [5.74, 6) is 3.36. The van der Waals surface area contributed by atoms with Gasteiger partial charge in [0.25, 0.3) is 0 Å². The third kappa shape index (κ3) is 5.69. The van der Waals surface area contributed by atoms with Gasteiger partial charge in [0.15, 0.2) is 5.82 Å². The molecular formula is C13H23N3OS. The first-order valence-corrected chi connectivity index (χ1v) is 7.37. The lowest BCUT2D eigenvalue weighted by molar-refractivity contribution is 0.177. The van der Waals surface area contributed by atoms with Crippen LogP contribution < -0.4 is 5.32 Å². The van der Waals surface area contributed by atoms with E-state index < -0.39 is 0 Å². The Morgan fingerprint density at radius 2 is 2.17 bits per heavy atom. The van der Waals surface area contributed by atoms with E-state index in [0.717, 1.165) is 35.4 Å². The van der Waals surface area contributed by atoms with Crippen LogP contribution in [0.1, 0.15) is 33.0 Å². The summed E-state index contributed by atoms with van der Waals surface area (Å²) in [7, 11) is 1.66. The summed E-state index contributed by atoms with van der Waals surface area (Å²) in [6.07, 6.45) is 1.08. The second-order valence-corrected chi connectivity index (χ2v) is 5.61. The number of anilines is 1. The third-order valence-corrected chi connectivity index (χ3v) is 3.48. The number of ether oxygens (including phenoxy) is 1. The number of thioether (sulfide) groups is 1. The average Bonchev–Trinajstić information content (AvgIpc) is 2.34. The first-order chi connectivity index (χ1) is 8.65. The van der Waals surface area contributed by atoms with E-state index in [4.69, 9.17) is 4.74 Å². The van der Waals surface area contributed by atoms with E-state index in [9.17, 15) is 0 Å². The maximum absolute atomic E-state index is 5.11. The molecule has 1 N–H and O–H groups in total. The number of nitrogens with one attached hydrogen (secondary N) is 1. The van der Waals surface area contributed by atoms with Crippen LogP contribution in [0.25, 0.3) is 0 Å². The van der Waals surface area contributed by atoms with E-state index in [1.54, 1.807) is 18.9 Å². The molecule has 0 bridgehead atoms. The average molecular weight is 269 g/mol.